The van der Waals surface area contributed by atoms with Crippen LogP contribution in [-0.4, -0.2) is 32.5 Å². The fourth-order valence-corrected chi connectivity index (χ4v) is 2.97. The summed E-state index contributed by atoms with van der Waals surface area (Å²) in [6, 6.07) is 12.7. The lowest BCUT2D eigenvalue weighted by Gasteiger charge is -2.19. The van der Waals surface area contributed by atoms with Gasteiger partial charge in [-0.15, -0.1) is 0 Å². The highest BCUT2D eigenvalue weighted by Crippen LogP contribution is 2.12. The van der Waals surface area contributed by atoms with Gasteiger partial charge in [-0.3, -0.25) is 4.79 Å². The molecule has 27 heavy (non-hydrogen) atoms. The number of carboxylic acid groups (broad SMARTS) is 1. The Balaban J connectivity index is 1.65. The van der Waals surface area contributed by atoms with Crippen LogP contribution < -0.4 is 10.6 Å². The zero-order valence-corrected chi connectivity index (χ0v) is 15.1. The van der Waals surface area contributed by atoms with Crippen molar-refractivity contribution in [3.05, 3.63) is 66.1 Å². The van der Waals surface area contributed by atoms with Crippen molar-refractivity contribution in [1.82, 2.24) is 14.7 Å². The van der Waals surface area contributed by atoms with Crippen molar-refractivity contribution >= 4 is 23.3 Å². The number of aryl methyl sites for hydroxylation is 1. The molecule has 0 radical (unpaired) electrons. The minimum Gasteiger partial charge on any atom is -0.481 e. The Morgan fingerprint density at radius 3 is 2.67 bits per heavy atom. The maximum absolute atomic E-state index is 12.4. The third-order valence-corrected chi connectivity index (χ3v) is 4.20. The number of fused-ring (bicyclic) bond motifs is 1. The zero-order chi connectivity index (χ0) is 19.2. The summed E-state index contributed by atoms with van der Waals surface area (Å²) in [5.41, 5.74) is 3.38. The van der Waals surface area contributed by atoms with Gasteiger partial charge in [0.2, 0.25) is 0 Å². The second kappa shape index (κ2) is 8.35. The number of aliphatic carboxylic acids is 1. The number of imidazole rings is 1. The van der Waals surface area contributed by atoms with E-state index in [1.54, 1.807) is 12.3 Å². The van der Waals surface area contributed by atoms with E-state index < -0.39 is 5.97 Å². The van der Waals surface area contributed by atoms with Crippen LogP contribution in [0.1, 0.15) is 24.1 Å². The molecular weight excluding hydrogens is 344 g/mol. The third-order valence-electron chi connectivity index (χ3n) is 4.20. The van der Waals surface area contributed by atoms with E-state index in [4.69, 9.17) is 5.11 Å². The van der Waals surface area contributed by atoms with E-state index in [0.717, 1.165) is 16.9 Å². The molecule has 0 fully saturated rings. The first-order valence-corrected chi connectivity index (χ1v) is 8.78. The van der Waals surface area contributed by atoms with Crippen LogP contribution in [-0.2, 0) is 11.2 Å². The maximum atomic E-state index is 12.4. The number of carboxylic acids is 1. The largest absolute Gasteiger partial charge is 0.481 e. The number of hydrogen-bond acceptors (Lipinski definition) is 3. The van der Waals surface area contributed by atoms with Gasteiger partial charge in [0.25, 0.3) is 0 Å². The van der Waals surface area contributed by atoms with Crippen molar-refractivity contribution in [3.8, 4) is 0 Å². The van der Waals surface area contributed by atoms with E-state index in [9.17, 15) is 9.59 Å². The topological polar surface area (TPSA) is 95.7 Å². The highest BCUT2D eigenvalue weighted by Gasteiger charge is 2.15. The second-order valence-corrected chi connectivity index (χ2v) is 6.48. The van der Waals surface area contributed by atoms with E-state index in [-0.39, 0.29) is 18.5 Å². The van der Waals surface area contributed by atoms with Crippen LogP contribution in [0.3, 0.4) is 0 Å². The predicted molar refractivity (Wildman–Crippen MR) is 103 cm³/mol. The third kappa shape index (κ3) is 5.31. The van der Waals surface area contributed by atoms with Gasteiger partial charge in [0, 0.05) is 24.9 Å². The molecule has 1 aromatic carbocycles. The molecule has 0 saturated heterocycles. The Morgan fingerprint density at radius 1 is 1.15 bits per heavy atom. The molecule has 1 unspecified atom stereocenters. The molecule has 1 atom stereocenters. The zero-order valence-electron chi connectivity index (χ0n) is 15.1. The number of carbonyl (C=O) groups is 2. The van der Waals surface area contributed by atoms with Crippen LogP contribution in [0.15, 0.2) is 54.9 Å². The summed E-state index contributed by atoms with van der Waals surface area (Å²) in [5, 5.41) is 14.6. The first-order chi connectivity index (χ1) is 13.0. The number of carbonyl (C=O) groups excluding carboxylic acids is 1. The summed E-state index contributed by atoms with van der Waals surface area (Å²) in [6.07, 6.45) is 4.60. The summed E-state index contributed by atoms with van der Waals surface area (Å²) < 4.78 is 1.84. The van der Waals surface area contributed by atoms with E-state index in [2.05, 4.69) is 15.6 Å². The van der Waals surface area contributed by atoms with E-state index in [1.165, 1.54) is 0 Å². The Kier molecular flexibility index (Phi) is 5.71. The Morgan fingerprint density at radius 2 is 1.93 bits per heavy atom. The second-order valence-electron chi connectivity index (χ2n) is 6.48. The highest BCUT2D eigenvalue weighted by atomic mass is 16.4. The number of anilines is 1. The van der Waals surface area contributed by atoms with Gasteiger partial charge in [-0.2, -0.15) is 0 Å². The van der Waals surface area contributed by atoms with Gasteiger partial charge in [-0.05, 0) is 37.5 Å². The fourth-order valence-electron chi connectivity index (χ4n) is 2.97. The SMILES string of the molecule is Cc1cn2cc(NC(=O)NC(CCC(=O)O)Cc3ccccc3)ccc2n1. The van der Waals surface area contributed by atoms with Crippen LogP contribution in [0.2, 0.25) is 0 Å². The lowest BCUT2D eigenvalue weighted by atomic mass is 10.0. The van der Waals surface area contributed by atoms with Crippen LogP contribution in [0, 0.1) is 6.92 Å². The molecule has 3 aromatic rings. The molecule has 0 aliphatic carbocycles. The Bertz CT molecular complexity index is 937. The molecule has 3 rings (SSSR count). The monoisotopic (exact) mass is 366 g/mol. The van der Waals surface area contributed by atoms with Crippen LogP contribution in [0.25, 0.3) is 5.65 Å². The molecule has 3 N–H and O–H groups in total. The molecule has 7 heteroatoms. The van der Waals surface area contributed by atoms with Gasteiger partial charge in [-0.1, -0.05) is 30.3 Å². The normalized spacial score (nSPS) is 11.9. The highest BCUT2D eigenvalue weighted by molar-refractivity contribution is 5.89. The number of nitrogens with zero attached hydrogens (tertiary/aromatic N) is 2. The fraction of sp³-hybridized carbons (Fsp3) is 0.250. The standard InChI is InChI=1S/C20H22N4O3/c1-14-12-24-13-17(7-9-18(24)21-14)23-20(27)22-16(8-10-19(25)26)11-15-5-3-2-4-6-15/h2-7,9,12-13,16H,8,10-11H2,1H3,(H,25,26)(H2,22,23,27). The van der Waals surface area contributed by atoms with Crippen molar-refractivity contribution in [2.75, 3.05) is 5.32 Å². The van der Waals surface area contributed by atoms with Gasteiger partial charge < -0.3 is 20.1 Å². The predicted octanol–water partition coefficient (Wildman–Crippen LogP) is 3.24. The van der Waals surface area contributed by atoms with Gasteiger partial charge in [0.05, 0.1) is 11.4 Å². The lowest BCUT2D eigenvalue weighted by Crippen LogP contribution is -2.39. The van der Waals surface area contributed by atoms with E-state index in [1.807, 2.05) is 53.9 Å². The number of aromatic nitrogens is 2. The minimum absolute atomic E-state index is 0.00193. The molecular formula is C20H22N4O3. The molecule has 2 heterocycles. The summed E-state index contributed by atoms with van der Waals surface area (Å²) in [5.74, 6) is -0.879. The molecule has 0 spiro atoms. The summed E-state index contributed by atoms with van der Waals surface area (Å²) in [7, 11) is 0. The van der Waals surface area contributed by atoms with Crippen molar-refractivity contribution in [1.29, 1.82) is 0 Å². The molecule has 0 saturated carbocycles. The first-order valence-electron chi connectivity index (χ1n) is 8.78. The Labute approximate surface area is 157 Å². The van der Waals surface area contributed by atoms with Gasteiger partial charge in [0.1, 0.15) is 5.65 Å². The molecule has 140 valence electrons. The maximum Gasteiger partial charge on any atom is 0.319 e. The number of hydrogen-bond donors (Lipinski definition) is 3. The van der Waals surface area contributed by atoms with Gasteiger partial charge >= 0.3 is 12.0 Å². The van der Waals surface area contributed by atoms with Crippen LogP contribution in [0.5, 0.6) is 0 Å². The Hall–Kier alpha value is -3.35. The molecule has 0 aliphatic heterocycles. The number of nitrogens with one attached hydrogen (secondary N) is 2. The molecule has 0 aliphatic rings. The van der Waals surface area contributed by atoms with Crippen molar-refractivity contribution in [3.63, 3.8) is 0 Å². The van der Waals surface area contributed by atoms with E-state index >= 15 is 0 Å². The summed E-state index contributed by atoms with van der Waals surface area (Å²) in [4.78, 5) is 27.7. The number of benzene rings is 1. The molecule has 2 amide bonds. The number of rotatable bonds is 7. The van der Waals surface area contributed by atoms with Crippen LogP contribution >= 0.6 is 0 Å². The number of pyridine rings is 1. The van der Waals surface area contributed by atoms with Gasteiger partial charge in [-0.25, -0.2) is 9.78 Å². The summed E-state index contributed by atoms with van der Waals surface area (Å²) >= 11 is 0. The van der Waals surface area contributed by atoms with Crippen molar-refractivity contribution in [2.45, 2.75) is 32.2 Å². The van der Waals surface area contributed by atoms with Crippen molar-refractivity contribution in [2.24, 2.45) is 0 Å². The van der Waals surface area contributed by atoms with Crippen molar-refractivity contribution < 1.29 is 14.7 Å². The lowest BCUT2D eigenvalue weighted by molar-refractivity contribution is -0.137. The average Bonchev–Trinajstić information content (AvgIpc) is 2.99. The molecule has 7 nitrogen and oxygen atoms in total. The first kappa shape index (κ1) is 18.4. The minimum atomic E-state index is -0.879. The smallest absolute Gasteiger partial charge is 0.319 e. The number of urea groups is 1. The molecule has 2 aromatic heterocycles. The summed E-state index contributed by atoms with van der Waals surface area (Å²) in [6.45, 7) is 1.91. The van der Waals surface area contributed by atoms with Gasteiger partial charge in [0.15, 0.2) is 0 Å². The number of amides is 2. The van der Waals surface area contributed by atoms with E-state index in [0.29, 0.717) is 18.5 Å². The quantitative estimate of drug-likeness (QED) is 0.598. The average molecular weight is 366 g/mol. The van der Waals surface area contributed by atoms with Crippen LogP contribution in [0.4, 0.5) is 10.5 Å². The molecule has 0 bridgehead atoms.